The molecule has 0 saturated carbocycles. The molecule has 0 aliphatic rings. The van der Waals surface area contributed by atoms with E-state index in [2.05, 4.69) is 4.72 Å². The molecule has 3 aromatic rings. The number of rotatable bonds is 7. The Morgan fingerprint density at radius 2 is 1.84 bits per heavy atom. The highest BCUT2D eigenvalue weighted by molar-refractivity contribution is 7.93. The van der Waals surface area contributed by atoms with Gasteiger partial charge in [0.25, 0.3) is 15.7 Å². The zero-order valence-electron chi connectivity index (χ0n) is 16.4. The SMILES string of the molecule is CCOC(=O)c1c(NS(=O)(=O)c2ccccc2[N+](=O)[O-])sc(C)c1-c1ccc(Cl)cc1. The van der Waals surface area contributed by atoms with E-state index in [1.165, 1.54) is 12.1 Å². The molecular formula is C20H17ClN2O6S2. The number of benzene rings is 2. The van der Waals surface area contributed by atoms with Gasteiger partial charge >= 0.3 is 5.97 Å². The predicted molar refractivity (Wildman–Crippen MR) is 119 cm³/mol. The lowest BCUT2D eigenvalue weighted by atomic mass is 10.0. The van der Waals surface area contributed by atoms with E-state index in [1.54, 1.807) is 38.1 Å². The number of esters is 1. The van der Waals surface area contributed by atoms with Crippen molar-refractivity contribution < 1.29 is 22.9 Å². The van der Waals surface area contributed by atoms with Gasteiger partial charge in [-0.25, -0.2) is 13.2 Å². The van der Waals surface area contributed by atoms with E-state index in [4.69, 9.17) is 16.3 Å². The van der Waals surface area contributed by atoms with E-state index >= 15 is 0 Å². The molecule has 3 rings (SSSR count). The lowest BCUT2D eigenvalue weighted by Gasteiger charge is -2.10. The molecule has 1 N–H and O–H groups in total. The number of nitro benzene ring substituents is 1. The topological polar surface area (TPSA) is 116 Å². The highest BCUT2D eigenvalue weighted by Crippen LogP contribution is 2.42. The van der Waals surface area contributed by atoms with Crippen LogP contribution in [0.25, 0.3) is 11.1 Å². The van der Waals surface area contributed by atoms with Crippen LogP contribution in [0.15, 0.2) is 53.4 Å². The Bertz CT molecular complexity index is 1250. The van der Waals surface area contributed by atoms with Crippen LogP contribution >= 0.6 is 22.9 Å². The van der Waals surface area contributed by atoms with Crippen molar-refractivity contribution in [2.24, 2.45) is 0 Å². The number of halogens is 1. The Morgan fingerprint density at radius 1 is 1.19 bits per heavy atom. The molecule has 0 aliphatic heterocycles. The summed E-state index contributed by atoms with van der Waals surface area (Å²) in [6.07, 6.45) is 0. The van der Waals surface area contributed by atoms with Crippen molar-refractivity contribution in [1.29, 1.82) is 0 Å². The quantitative estimate of drug-likeness (QED) is 0.280. The van der Waals surface area contributed by atoms with Gasteiger partial charge in [-0.3, -0.25) is 14.8 Å². The zero-order chi connectivity index (χ0) is 22.8. The maximum atomic E-state index is 13.0. The van der Waals surface area contributed by atoms with Crippen LogP contribution < -0.4 is 4.72 Å². The number of thiophene rings is 1. The molecule has 11 heteroatoms. The fourth-order valence-electron chi connectivity index (χ4n) is 2.99. The van der Waals surface area contributed by atoms with Crippen LogP contribution in [0.1, 0.15) is 22.2 Å². The average Bonchev–Trinajstić information content (AvgIpc) is 3.03. The third kappa shape index (κ3) is 4.71. The van der Waals surface area contributed by atoms with Gasteiger partial charge in [-0.1, -0.05) is 35.9 Å². The number of ether oxygens (including phenoxy) is 1. The van der Waals surface area contributed by atoms with Crippen LogP contribution in [0.2, 0.25) is 5.02 Å². The number of para-hydroxylation sites is 1. The Balaban J connectivity index is 2.16. The molecule has 1 aromatic heterocycles. The lowest BCUT2D eigenvalue weighted by molar-refractivity contribution is -0.387. The summed E-state index contributed by atoms with van der Waals surface area (Å²) in [4.78, 5) is 23.4. The van der Waals surface area contributed by atoms with Crippen LogP contribution in [-0.2, 0) is 14.8 Å². The molecule has 0 aliphatic carbocycles. The smallest absolute Gasteiger partial charge is 0.341 e. The zero-order valence-corrected chi connectivity index (χ0v) is 18.8. The first-order valence-corrected chi connectivity index (χ1v) is 11.7. The molecule has 2 aromatic carbocycles. The molecule has 0 amide bonds. The predicted octanol–water partition coefficient (Wildman–Crippen LogP) is 5.26. The fourth-order valence-corrected chi connectivity index (χ4v) is 5.66. The van der Waals surface area contributed by atoms with Crippen LogP contribution in [0.5, 0.6) is 0 Å². The van der Waals surface area contributed by atoms with E-state index in [0.29, 0.717) is 21.0 Å². The summed E-state index contributed by atoms with van der Waals surface area (Å²) in [6, 6.07) is 11.7. The second-order valence-corrected chi connectivity index (χ2v) is 9.61. The van der Waals surface area contributed by atoms with Gasteiger partial charge in [0.05, 0.1) is 11.5 Å². The summed E-state index contributed by atoms with van der Waals surface area (Å²) >= 11 is 6.99. The normalized spacial score (nSPS) is 11.2. The molecule has 0 unspecified atom stereocenters. The first kappa shape index (κ1) is 22.7. The number of carbonyl (C=O) groups is 1. The molecule has 0 saturated heterocycles. The lowest BCUT2D eigenvalue weighted by Crippen LogP contribution is -2.16. The summed E-state index contributed by atoms with van der Waals surface area (Å²) < 4.78 is 33.5. The van der Waals surface area contributed by atoms with Gasteiger partial charge in [-0.2, -0.15) is 0 Å². The van der Waals surface area contributed by atoms with Crippen LogP contribution in [-0.4, -0.2) is 25.9 Å². The second kappa shape index (κ2) is 9.04. The average molecular weight is 481 g/mol. The largest absolute Gasteiger partial charge is 0.462 e. The molecular weight excluding hydrogens is 464 g/mol. The van der Waals surface area contributed by atoms with E-state index < -0.39 is 31.5 Å². The number of anilines is 1. The minimum Gasteiger partial charge on any atom is -0.462 e. The summed E-state index contributed by atoms with van der Waals surface area (Å²) in [6.45, 7) is 3.46. The number of nitrogens with one attached hydrogen (secondary N) is 1. The highest BCUT2D eigenvalue weighted by atomic mass is 35.5. The van der Waals surface area contributed by atoms with Crippen molar-refractivity contribution in [3.63, 3.8) is 0 Å². The van der Waals surface area contributed by atoms with E-state index in [0.717, 1.165) is 23.5 Å². The van der Waals surface area contributed by atoms with Gasteiger partial charge in [0, 0.05) is 21.5 Å². The van der Waals surface area contributed by atoms with Crippen LogP contribution in [0.3, 0.4) is 0 Å². The van der Waals surface area contributed by atoms with Crippen molar-refractivity contribution >= 4 is 49.6 Å². The number of hydrogen-bond donors (Lipinski definition) is 1. The second-order valence-electron chi connectivity index (χ2n) is 6.30. The first-order valence-electron chi connectivity index (χ1n) is 8.98. The summed E-state index contributed by atoms with van der Waals surface area (Å²) in [5, 5.41) is 11.8. The van der Waals surface area contributed by atoms with Crippen LogP contribution in [0.4, 0.5) is 10.7 Å². The molecule has 0 radical (unpaired) electrons. The first-order chi connectivity index (χ1) is 14.7. The third-order valence-electron chi connectivity index (χ3n) is 4.28. The maximum absolute atomic E-state index is 13.0. The van der Waals surface area contributed by atoms with Crippen molar-refractivity contribution in [1.82, 2.24) is 0 Å². The Kier molecular flexibility index (Phi) is 6.63. The summed E-state index contributed by atoms with van der Waals surface area (Å²) in [5.41, 5.74) is 0.616. The minimum absolute atomic E-state index is 0.0130. The molecule has 1 heterocycles. The standard InChI is InChI=1S/C20H17ClN2O6S2/c1-3-29-20(24)18-17(13-8-10-14(21)11-9-13)12(2)30-19(18)22-31(27,28)16-7-5-4-6-15(16)23(25)26/h4-11,22H,3H2,1-2H3. The molecule has 31 heavy (non-hydrogen) atoms. The molecule has 0 fully saturated rings. The van der Waals surface area contributed by atoms with Crippen LogP contribution in [0, 0.1) is 17.0 Å². The minimum atomic E-state index is -4.36. The van der Waals surface area contributed by atoms with Gasteiger partial charge in [0.15, 0.2) is 4.90 Å². The van der Waals surface area contributed by atoms with Crippen molar-refractivity contribution in [3.05, 3.63) is 74.1 Å². The van der Waals surface area contributed by atoms with Crippen molar-refractivity contribution in [2.75, 3.05) is 11.3 Å². The number of sulfonamides is 1. The maximum Gasteiger partial charge on any atom is 0.341 e. The molecule has 8 nitrogen and oxygen atoms in total. The van der Waals surface area contributed by atoms with E-state index in [-0.39, 0.29) is 17.2 Å². The van der Waals surface area contributed by atoms with Crippen molar-refractivity contribution in [3.8, 4) is 11.1 Å². The highest BCUT2D eigenvalue weighted by Gasteiger charge is 2.30. The number of hydrogen-bond acceptors (Lipinski definition) is 7. The number of carbonyl (C=O) groups excluding carboxylic acids is 1. The summed E-state index contributed by atoms with van der Waals surface area (Å²) in [7, 11) is -4.36. The molecule has 0 atom stereocenters. The monoisotopic (exact) mass is 480 g/mol. The number of nitrogens with zero attached hydrogens (tertiary/aromatic N) is 1. The van der Waals surface area contributed by atoms with Gasteiger partial charge in [0.2, 0.25) is 0 Å². The Morgan fingerprint density at radius 3 is 2.45 bits per heavy atom. The molecule has 0 spiro atoms. The van der Waals surface area contributed by atoms with Gasteiger partial charge in [-0.15, -0.1) is 11.3 Å². The molecule has 162 valence electrons. The molecule has 0 bridgehead atoms. The summed E-state index contributed by atoms with van der Waals surface area (Å²) in [5.74, 6) is -0.711. The van der Waals surface area contributed by atoms with E-state index in [1.807, 2.05) is 0 Å². The fraction of sp³-hybridized carbons (Fsp3) is 0.150. The third-order valence-corrected chi connectivity index (χ3v) is 7.07. The Hall–Kier alpha value is -2.95. The van der Waals surface area contributed by atoms with Gasteiger partial charge in [-0.05, 0) is 37.6 Å². The number of nitro groups is 1. The van der Waals surface area contributed by atoms with Crippen molar-refractivity contribution in [2.45, 2.75) is 18.7 Å². The number of aryl methyl sites for hydroxylation is 1. The van der Waals surface area contributed by atoms with Gasteiger partial charge < -0.3 is 4.74 Å². The Labute approximate surface area is 187 Å². The van der Waals surface area contributed by atoms with E-state index in [9.17, 15) is 23.3 Å². The van der Waals surface area contributed by atoms with Gasteiger partial charge in [0.1, 0.15) is 10.6 Å².